The fourth-order valence-corrected chi connectivity index (χ4v) is 4.59. The fraction of sp³-hybridized carbons (Fsp3) is 0.455. The van der Waals surface area contributed by atoms with Gasteiger partial charge in [-0.15, -0.1) is 0 Å². The standard InChI is InChI=1S/C22H27N3O2/c1-15(2)8-7-9-16(3)19-14-18-12-13-20(19)25-22(27)23(21(26)24(18)25)17-10-5-4-6-11-17/h4-6,8,10-13,16,18-20H,7,9,14H2,1-3H3/t16-,18+,19+,20-/m0/s1. The summed E-state index contributed by atoms with van der Waals surface area (Å²) in [6, 6.07) is 9.14. The van der Waals surface area contributed by atoms with E-state index in [4.69, 9.17) is 0 Å². The number of aromatic nitrogens is 3. The molecule has 0 amide bonds. The van der Waals surface area contributed by atoms with Gasteiger partial charge in [-0.05, 0) is 57.1 Å². The van der Waals surface area contributed by atoms with E-state index >= 15 is 0 Å². The van der Waals surface area contributed by atoms with E-state index in [0.717, 1.165) is 19.3 Å². The molecule has 2 aliphatic heterocycles. The summed E-state index contributed by atoms with van der Waals surface area (Å²) >= 11 is 0. The Kier molecular flexibility index (Phi) is 4.54. The normalized spacial score (nSPS) is 23.9. The largest absolute Gasteiger partial charge is 0.352 e. The molecule has 3 heterocycles. The Bertz CT molecular complexity index is 1000. The number of hydrogen-bond donors (Lipinski definition) is 0. The van der Waals surface area contributed by atoms with Gasteiger partial charge in [0.15, 0.2) is 0 Å². The van der Waals surface area contributed by atoms with Gasteiger partial charge >= 0.3 is 11.4 Å². The molecule has 2 aromatic rings. The van der Waals surface area contributed by atoms with Gasteiger partial charge in [-0.3, -0.25) is 0 Å². The fourth-order valence-electron chi connectivity index (χ4n) is 4.59. The lowest BCUT2D eigenvalue weighted by Gasteiger charge is -2.42. The number of hydrogen-bond acceptors (Lipinski definition) is 2. The number of para-hydroxylation sites is 1. The molecule has 27 heavy (non-hydrogen) atoms. The first-order chi connectivity index (χ1) is 13.0. The van der Waals surface area contributed by atoms with Crippen molar-refractivity contribution >= 4 is 0 Å². The number of benzene rings is 1. The zero-order valence-corrected chi connectivity index (χ0v) is 16.2. The monoisotopic (exact) mass is 365 g/mol. The molecule has 1 aliphatic carbocycles. The average molecular weight is 365 g/mol. The van der Waals surface area contributed by atoms with Gasteiger partial charge in [0.2, 0.25) is 0 Å². The minimum Gasteiger partial charge on any atom is -0.245 e. The molecule has 4 atom stereocenters. The minimum absolute atomic E-state index is 0.0314. The van der Waals surface area contributed by atoms with E-state index in [2.05, 4.69) is 39.0 Å². The zero-order chi connectivity index (χ0) is 19.1. The highest BCUT2D eigenvalue weighted by molar-refractivity contribution is 5.31. The van der Waals surface area contributed by atoms with Crippen LogP contribution in [-0.4, -0.2) is 13.9 Å². The number of fused-ring (bicyclic) bond motifs is 1. The van der Waals surface area contributed by atoms with Crippen molar-refractivity contribution in [3.8, 4) is 5.69 Å². The zero-order valence-electron chi connectivity index (χ0n) is 16.2. The van der Waals surface area contributed by atoms with Crippen LogP contribution in [0.3, 0.4) is 0 Å². The first-order valence-corrected chi connectivity index (χ1v) is 9.82. The second-order valence-corrected chi connectivity index (χ2v) is 8.10. The molecule has 5 heteroatoms. The van der Waals surface area contributed by atoms with Crippen LogP contribution >= 0.6 is 0 Å². The van der Waals surface area contributed by atoms with Crippen LogP contribution in [0.15, 0.2) is 63.7 Å². The van der Waals surface area contributed by atoms with Crippen molar-refractivity contribution in [2.75, 3.05) is 0 Å². The molecule has 2 bridgehead atoms. The second-order valence-electron chi connectivity index (χ2n) is 8.10. The maximum Gasteiger partial charge on any atom is 0.352 e. The van der Waals surface area contributed by atoms with Gasteiger partial charge in [0.05, 0.1) is 17.8 Å². The van der Waals surface area contributed by atoms with Gasteiger partial charge < -0.3 is 0 Å². The van der Waals surface area contributed by atoms with Crippen molar-refractivity contribution in [1.29, 1.82) is 0 Å². The molecular formula is C22H27N3O2. The van der Waals surface area contributed by atoms with Crippen molar-refractivity contribution < 1.29 is 0 Å². The Balaban J connectivity index is 1.71. The maximum absolute atomic E-state index is 13.2. The molecule has 0 spiro atoms. The van der Waals surface area contributed by atoms with Crippen LogP contribution in [0.5, 0.6) is 0 Å². The van der Waals surface area contributed by atoms with Gasteiger partial charge in [0, 0.05) is 0 Å². The van der Waals surface area contributed by atoms with Crippen molar-refractivity contribution in [2.24, 2.45) is 11.8 Å². The van der Waals surface area contributed by atoms with Crippen LogP contribution < -0.4 is 11.4 Å². The molecule has 5 rings (SSSR count). The van der Waals surface area contributed by atoms with Crippen LogP contribution in [0.25, 0.3) is 5.69 Å². The predicted molar refractivity (Wildman–Crippen MR) is 107 cm³/mol. The van der Waals surface area contributed by atoms with E-state index in [0.29, 0.717) is 17.5 Å². The minimum atomic E-state index is -0.235. The Labute approximate surface area is 159 Å². The van der Waals surface area contributed by atoms with Crippen molar-refractivity contribution in [1.82, 2.24) is 13.9 Å². The van der Waals surface area contributed by atoms with Crippen LogP contribution in [0.2, 0.25) is 0 Å². The Morgan fingerprint density at radius 3 is 2.52 bits per heavy atom. The summed E-state index contributed by atoms with van der Waals surface area (Å²) in [4.78, 5) is 26.2. The lowest BCUT2D eigenvalue weighted by Crippen LogP contribution is -2.45. The topological polar surface area (TPSA) is 48.9 Å². The quantitative estimate of drug-likeness (QED) is 0.756. The maximum atomic E-state index is 13.2. The summed E-state index contributed by atoms with van der Waals surface area (Å²) < 4.78 is 4.67. The van der Waals surface area contributed by atoms with Crippen LogP contribution in [0.4, 0.5) is 0 Å². The van der Waals surface area contributed by atoms with Crippen LogP contribution in [0, 0.1) is 11.8 Å². The third-order valence-electron chi connectivity index (χ3n) is 6.01. The van der Waals surface area contributed by atoms with Crippen LogP contribution in [0.1, 0.15) is 52.1 Å². The van der Waals surface area contributed by atoms with Crippen molar-refractivity contribution in [3.05, 3.63) is 75.1 Å². The molecule has 0 radical (unpaired) electrons. The van der Waals surface area contributed by atoms with E-state index in [1.807, 2.05) is 30.3 Å². The molecular weight excluding hydrogens is 338 g/mol. The molecule has 1 aromatic carbocycles. The summed E-state index contributed by atoms with van der Waals surface area (Å²) in [6.07, 6.45) is 9.60. The Hall–Kier alpha value is -2.56. The molecule has 142 valence electrons. The van der Waals surface area contributed by atoms with Gasteiger partial charge in [0.1, 0.15) is 0 Å². The Morgan fingerprint density at radius 1 is 1.11 bits per heavy atom. The predicted octanol–water partition coefficient (Wildman–Crippen LogP) is 3.86. The van der Waals surface area contributed by atoms with Crippen molar-refractivity contribution in [2.45, 2.75) is 52.1 Å². The smallest absolute Gasteiger partial charge is 0.245 e. The van der Waals surface area contributed by atoms with E-state index in [-0.39, 0.29) is 23.5 Å². The Morgan fingerprint density at radius 2 is 1.81 bits per heavy atom. The molecule has 3 aliphatic rings. The first-order valence-electron chi connectivity index (χ1n) is 9.82. The van der Waals surface area contributed by atoms with E-state index < -0.39 is 0 Å². The third kappa shape index (κ3) is 2.95. The van der Waals surface area contributed by atoms with Gasteiger partial charge in [-0.25, -0.2) is 23.5 Å². The SMILES string of the molecule is CC(C)=CCC[C@H](C)[C@H]1C[C@H]2C=C[C@@H]1n1c(=O)n(-c3ccccc3)c(=O)n12. The van der Waals surface area contributed by atoms with Gasteiger partial charge in [0.25, 0.3) is 0 Å². The van der Waals surface area contributed by atoms with Crippen molar-refractivity contribution in [3.63, 3.8) is 0 Å². The van der Waals surface area contributed by atoms with Gasteiger partial charge in [-0.2, -0.15) is 0 Å². The third-order valence-corrected chi connectivity index (χ3v) is 6.01. The molecule has 0 saturated heterocycles. The molecule has 1 aromatic heterocycles. The number of nitrogens with zero attached hydrogens (tertiary/aromatic N) is 3. The average Bonchev–Trinajstić information content (AvgIpc) is 2.95. The van der Waals surface area contributed by atoms with Gasteiger partial charge in [-0.1, -0.05) is 48.9 Å². The van der Waals surface area contributed by atoms with E-state index in [9.17, 15) is 9.59 Å². The highest BCUT2D eigenvalue weighted by Gasteiger charge is 2.41. The molecule has 0 N–H and O–H groups in total. The highest BCUT2D eigenvalue weighted by atomic mass is 16.2. The molecule has 0 saturated carbocycles. The number of allylic oxidation sites excluding steroid dienone is 4. The van der Waals surface area contributed by atoms with E-state index in [1.165, 1.54) is 10.1 Å². The lowest BCUT2D eigenvalue weighted by molar-refractivity contribution is 0.128. The number of rotatable bonds is 5. The van der Waals surface area contributed by atoms with E-state index in [1.54, 1.807) is 9.36 Å². The summed E-state index contributed by atoms with van der Waals surface area (Å²) in [5, 5.41) is 0. The summed E-state index contributed by atoms with van der Waals surface area (Å²) in [5.74, 6) is 0.878. The molecule has 5 nitrogen and oxygen atoms in total. The summed E-state index contributed by atoms with van der Waals surface area (Å²) in [5.41, 5.74) is 1.51. The molecule has 0 unspecified atom stereocenters. The second kappa shape index (κ2) is 6.87. The highest BCUT2D eigenvalue weighted by Crippen LogP contribution is 2.43. The molecule has 0 fully saturated rings. The summed E-state index contributed by atoms with van der Waals surface area (Å²) in [6.45, 7) is 6.53. The van der Waals surface area contributed by atoms with Crippen LogP contribution in [-0.2, 0) is 0 Å². The lowest BCUT2D eigenvalue weighted by atomic mass is 9.75. The summed E-state index contributed by atoms with van der Waals surface area (Å²) in [7, 11) is 0. The first kappa shape index (κ1) is 17.8.